The lowest BCUT2D eigenvalue weighted by molar-refractivity contribution is 0.339. The summed E-state index contributed by atoms with van der Waals surface area (Å²) in [6.45, 7) is 4.55. The molecule has 2 heteroatoms. The highest BCUT2D eigenvalue weighted by molar-refractivity contribution is 5.13. The minimum atomic E-state index is 0.424. The van der Waals surface area contributed by atoms with Gasteiger partial charge in [0.1, 0.15) is 0 Å². The largest absolute Gasteiger partial charge is 0.271 e. The monoisotopic (exact) mass is 238 g/mol. The lowest BCUT2D eigenvalue weighted by Crippen LogP contribution is -2.42. The van der Waals surface area contributed by atoms with Crippen molar-refractivity contribution in [3.05, 3.63) is 11.6 Å². The molecule has 0 aliphatic heterocycles. The molecule has 100 valence electrons. The van der Waals surface area contributed by atoms with Gasteiger partial charge in [-0.05, 0) is 44.4 Å². The second kappa shape index (κ2) is 8.71. The average molecular weight is 238 g/mol. The molecule has 0 bridgehead atoms. The van der Waals surface area contributed by atoms with Crippen molar-refractivity contribution in [3.8, 4) is 0 Å². The van der Waals surface area contributed by atoms with Gasteiger partial charge in [0.2, 0.25) is 0 Å². The van der Waals surface area contributed by atoms with Gasteiger partial charge in [-0.1, -0.05) is 44.8 Å². The lowest BCUT2D eigenvalue weighted by atomic mass is 9.84. The third kappa shape index (κ3) is 4.81. The van der Waals surface area contributed by atoms with Crippen molar-refractivity contribution in [1.82, 2.24) is 5.43 Å². The second-order valence-electron chi connectivity index (χ2n) is 5.36. The topological polar surface area (TPSA) is 38.0 Å². The Labute approximate surface area is 107 Å². The first-order chi connectivity index (χ1) is 8.33. The number of nitrogens with two attached hydrogens (primary N) is 1. The highest BCUT2D eigenvalue weighted by Gasteiger charge is 2.22. The molecule has 2 nitrogen and oxygen atoms in total. The zero-order chi connectivity index (χ0) is 12.5. The van der Waals surface area contributed by atoms with Gasteiger partial charge in [-0.3, -0.25) is 11.3 Å². The fourth-order valence-corrected chi connectivity index (χ4v) is 3.09. The third-order valence-electron chi connectivity index (χ3n) is 3.95. The van der Waals surface area contributed by atoms with Crippen LogP contribution in [0.3, 0.4) is 0 Å². The maximum absolute atomic E-state index is 5.83. The van der Waals surface area contributed by atoms with Crippen LogP contribution in [0.25, 0.3) is 0 Å². The van der Waals surface area contributed by atoms with Gasteiger partial charge in [0.15, 0.2) is 0 Å². The zero-order valence-corrected chi connectivity index (χ0v) is 11.7. The molecule has 0 aromatic heterocycles. The van der Waals surface area contributed by atoms with Crippen LogP contribution in [-0.4, -0.2) is 6.04 Å². The molecule has 1 rings (SSSR count). The van der Waals surface area contributed by atoms with E-state index in [2.05, 4.69) is 25.3 Å². The maximum Gasteiger partial charge on any atom is 0.0447 e. The van der Waals surface area contributed by atoms with Crippen LogP contribution in [0.1, 0.15) is 71.6 Å². The Kier molecular flexibility index (Phi) is 7.54. The number of hydrogen-bond donors (Lipinski definition) is 2. The molecule has 0 radical (unpaired) electrons. The number of nitrogens with one attached hydrogen (secondary N) is 1. The molecule has 0 aromatic carbocycles. The Morgan fingerprint density at radius 2 is 1.88 bits per heavy atom. The molecule has 0 amide bonds. The summed E-state index contributed by atoms with van der Waals surface area (Å²) in [5, 5.41) is 0. The van der Waals surface area contributed by atoms with Crippen LogP contribution >= 0.6 is 0 Å². The van der Waals surface area contributed by atoms with Crippen LogP contribution in [-0.2, 0) is 0 Å². The minimum Gasteiger partial charge on any atom is -0.271 e. The van der Waals surface area contributed by atoms with E-state index >= 15 is 0 Å². The van der Waals surface area contributed by atoms with E-state index in [1.54, 1.807) is 5.57 Å². The van der Waals surface area contributed by atoms with Crippen LogP contribution in [0.2, 0.25) is 0 Å². The first kappa shape index (κ1) is 14.7. The van der Waals surface area contributed by atoms with E-state index in [1.165, 1.54) is 57.8 Å². The molecule has 0 aromatic rings. The summed E-state index contributed by atoms with van der Waals surface area (Å²) in [5.74, 6) is 6.55. The van der Waals surface area contributed by atoms with E-state index in [9.17, 15) is 0 Å². The Bertz CT molecular complexity index is 217. The predicted molar refractivity (Wildman–Crippen MR) is 75.6 cm³/mol. The number of hydrazine groups is 1. The third-order valence-corrected chi connectivity index (χ3v) is 3.95. The van der Waals surface area contributed by atoms with Gasteiger partial charge in [0.25, 0.3) is 0 Å². The highest BCUT2D eigenvalue weighted by atomic mass is 15.2. The van der Waals surface area contributed by atoms with Gasteiger partial charge in [0, 0.05) is 6.04 Å². The summed E-state index contributed by atoms with van der Waals surface area (Å²) in [7, 11) is 0. The Morgan fingerprint density at radius 1 is 1.18 bits per heavy atom. The molecule has 0 fully saturated rings. The van der Waals surface area contributed by atoms with E-state index < -0.39 is 0 Å². The van der Waals surface area contributed by atoms with Gasteiger partial charge in [0.05, 0.1) is 0 Å². The van der Waals surface area contributed by atoms with Gasteiger partial charge < -0.3 is 0 Å². The molecule has 1 unspecified atom stereocenters. The zero-order valence-electron chi connectivity index (χ0n) is 11.7. The molecule has 17 heavy (non-hydrogen) atoms. The molecule has 0 heterocycles. The van der Waals surface area contributed by atoms with E-state index in [0.29, 0.717) is 6.04 Å². The van der Waals surface area contributed by atoms with Crippen LogP contribution in [0.15, 0.2) is 11.6 Å². The van der Waals surface area contributed by atoms with Crippen LogP contribution in [0, 0.1) is 5.92 Å². The van der Waals surface area contributed by atoms with E-state index in [1.807, 2.05) is 0 Å². The second-order valence-corrected chi connectivity index (χ2v) is 5.36. The van der Waals surface area contributed by atoms with Crippen molar-refractivity contribution < 1.29 is 0 Å². The summed E-state index contributed by atoms with van der Waals surface area (Å²) in [5.41, 5.74) is 4.68. The van der Waals surface area contributed by atoms with E-state index in [4.69, 9.17) is 5.84 Å². The molecule has 3 N–H and O–H groups in total. The Hall–Kier alpha value is -0.340. The molecule has 1 aliphatic rings. The number of allylic oxidation sites excluding steroid dienone is 1. The van der Waals surface area contributed by atoms with E-state index in [0.717, 1.165) is 5.92 Å². The van der Waals surface area contributed by atoms with Crippen LogP contribution in [0.4, 0.5) is 0 Å². The summed E-state index contributed by atoms with van der Waals surface area (Å²) in [4.78, 5) is 0. The Balaban J connectivity index is 2.67. The fraction of sp³-hybridized carbons (Fsp3) is 0.867. The molecule has 1 atom stereocenters. The first-order valence-electron chi connectivity index (χ1n) is 7.48. The molecular weight excluding hydrogens is 208 g/mol. The highest BCUT2D eigenvalue weighted by Crippen LogP contribution is 2.28. The predicted octanol–water partition coefficient (Wildman–Crippen LogP) is 3.93. The summed E-state index contributed by atoms with van der Waals surface area (Å²) >= 11 is 0. The fourth-order valence-electron chi connectivity index (χ4n) is 3.09. The molecule has 0 saturated heterocycles. The van der Waals surface area contributed by atoms with Crippen LogP contribution < -0.4 is 11.3 Å². The Morgan fingerprint density at radius 3 is 2.47 bits per heavy atom. The molecule has 0 spiro atoms. The smallest absolute Gasteiger partial charge is 0.0447 e. The number of rotatable bonds is 7. The number of hydrogen-bond acceptors (Lipinski definition) is 2. The van der Waals surface area contributed by atoms with Crippen LogP contribution in [0.5, 0.6) is 0 Å². The quantitative estimate of drug-likeness (QED) is 0.401. The minimum absolute atomic E-state index is 0.424. The van der Waals surface area contributed by atoms with Gasteiger partial charge in [-0.25, -0.2) is 0 Å². The molecular formula is C15H30N2. The van der Waals surface area contributed by atoms with Crippen molar-refractivity contribution in [3.63, 3.8) is 0 Å². The first-order valence-corrected chi connectivity index (χ1v) is 7.48. The maximum atomic E-state index is 5.83. The normalized spacial score (nSPS) is 18.9. The summed E-state index contributed by atoms with van der Waals surface area (Å²) in [6.07, 6.45) is 14.1. The van der Waals surface area contributed by atoms with Crippen molar-refractivity contribution in [1.29, 1.82) is 0 Å². The molecule has 1 aliphatic carbocycles. The average Bonchev–Trinajstić information content (AvgIpc) is 2.60. The van der Waals surface area contributed by atoms with E-state index in [-0.39, 0.29) is 0 Å². The van der Waals surface area contributed by atoms with Crippen molar-refractivity contribution in [2.45, 2.75) is 77.7 Å². The van der Waals surface area contributed by atoms with Crippen molar-refractivity contribution in [2.75, 3.05) is 0 Å². The van der Waals surface area contributed by atoms with Gasteiger partial charge >= 0.3 is 0 Å². The van der Waals surface area contributed by atoms with Gasteiger partial charge in [-0.15, -0.1) is 0 Å². The summed E-state index contributed by atoms with van der Waals surface area (Å²) < 4.78 is 0. The standard InChI is InChI=1S/C15H30N2/c1-3-9-13(10-4-2)15(17-16)14-11-7-5-6-8-12-14/h11,13,15,17H,3-10,12,16H2,1-2H3. The van der Waals surface area contributed by atoms with Gasteiger partial charge in [-0.2, -0.15) is 0 Å². The molecule has 0 saturated carbocycles. The lowest BCUT2D eigenvalue weighted by Gasteiger charge is -2.28. The van der Waals surface area contributed by atoms with Crippen molar-refractivity contribution in [2.24, 2.45) is 11.8 Å². The van der Waals surface area contributed by atoms with Crippen molar-refractivity contribution >= 4 is 0 Å². The summed E-state index contributed by atoms with van der Waals surface area (Å²) in [6, 6.07) is 0.424. The SMILES string of the molecule is CCCC(CCC)C(NN)C1=CCCCCC1.